The highest BCUT2D eigenvalue weighted by molar-refractivity contribution is 5.13. The normalized spacial score (nSPS) is 28.7. The molecule has 0 bridgehead atoms. The molecular formula is C14H24N4O. The number of nitrogens with two attached hydrogens (primary N) is 1. The molecule has 0 aromatic carbocycles. The van der Waals surface area contributed by atoms with Crippen molar-refractivity contribution < 1.29 is 4.74 Å². The van der Waals surface area contributed by atoms with E-state index < -0.39 is 0 Å². The Bertz CT molecular complexity index is 415. The molecule has 2 fully saturated rings. The second kappa shape index (κ2) is 5.61. The summed E-state index contributed by atoms with van der Waals surface area (Å²) >= 11 is 0. The van der Waals surface area contributed by atoms with E-state index in [9.17, 15) is 0 Å². The average molecular weight is 264 g/mol. The third kappa shape index (κ3) is 2.55. The van der Waals surface area contributed by atoms with E-state index >= 15 is 0 Å². The molecule has 2 N–H and O–H groups in total. The molecule has 2 aliphatic rings. The minimum atomic E-state index is 0.0988. The predicted octanol–water partition coefficient (Wildman–Crippen LogP) is 1.16. The maximum Gasteiger partial charge on any atom is 0.0909 e. The Morgan fingerprint density at radius 1 is 1.47 bits per heavy atom. The highest BCUT2D eigenvalue weighted by Crippen LogP contribution is 2.38. The third-order valence-electron chi connectivity index (χ3n) is 4.13. The summed E-state index contributed by atoms with van der Waals surface area (Å²) in [6.07, 6.45) is 5.73. The van der Waals surface area contributed by atoms with Crippen molar-refractivity contribution in [2.24, 2.45) is 5.73 Å². The maximum atomic E-state index is 5.93. The van der Waals surface area contributed by atoms with E-state index in [4.69, 9.17) is 10.5 Å². The summed E-state index contributed by atoms with van der Waals surface area (Å²) in [5, 5.41) is 4.46. The number of aryl methyl sites for hydroxylation is 1. The van der Waals surface area contributed by atoms with Crippen LogP contribution in [-0.2, 0) is 11.3 Å². The molecule has 106 valence electrons. The molecule has 2 unspecified atom stereocenters. The van der Waals surface area contributed by atoms with Crippen molar-refractivity contribution in [2.45, 2.75) is 50.9 Å². The SMILES string of the molecule is CCCn1nccc1C1C(CN)OCCN1C1CC1. The smallest absolute Gasteiger partial charge is 0.0909 e. The maximum absolute atomic E-state index is 5.93. The average Bonchev–Trinajstić information content (AvgIpc) is 3.19. The summed E-state index contributed by atoms with van der Waals surface area (Å²) in [7, 11) is 0. The summed E-state index contributed by atoms with van der Waals surface area (Å²) in [4.78, 5) is 2.59. The molecule has 0 radical (unpaired) electrons. The highest BCUT2D eigenvalue weighted by Gasteiger charge is 2.41. The summed E-state index contributed by atoms with van der Waals surface area (Å²) in [6, 6.07) is 3.14. The van der Waals surface area contributed by atoms with Crippen LogP contribution in [0.2, 0.25) is 0 Å². The predicted molar refractivity (Wildman–Crippen MR) is 73.8 cm³/mol. The van der Waals surface area contributed by atoms with Gasteiger partial charge >= 0.3 is 0 Å². The number of ether oxygens (including phenoxy) is 1. The van der Waals surface area contributed by atoms with Gasteiger partial charge in [-0.3, -0.25) is 9.58 Å². The van der Waals surface area contributed by atoms with Gasteiger partial charge in [0, 0.05) is 31.9 Å². The molecule has 1 aromatic heterocycles. The minimum Gasteiger partial charge on any atom is -0.374 e. The number of rotatable bonds is 5. The highest BCUT2D eigenvalue weighted by atomic mass is 16.5. The van der Waals surface area contributed by atoms with Gasteiger partial charge in [0.1, 0.15) is 0 Å². The van der Waals surface area contributed by atoms with Crippen LogP contribution < -0.4 is 5.73 Å². The van der Waals surface area contributed by atoms with E-state index in [1.54, 1.807) is 0 Å². The van der Waals surface area contributed by atoms with Crippen LogP contribution in [0.4, 0.5) is 0 Å². The minimum absolute atomic E-state index is 0.0988. The fourth-order valence-corrected chi connectivity index (χ4v) is 3.12. The lowest BCUT2D eigenvalue weighted by Crippen LogP contribution is -2.49. The molecule has 0 amide bonds. The number of morpholine rings is 1. The van der Waals surface area contributed by atoms with E-state index in [1.807, 2.05) is 6.20 Å². The molecule has 3 rings (SSSR count). The fraction of sp³-hybridized carbons (Fsp3) is 0.786. The number of aromatic nitrogens is 2. The van der Waals surface area contributed by atoms with Crippen molar-refractivity contribution in [3.8, 4) is 0 Å². The van der Waals surface area contributed by atoms with E-state index in [0.29, 0.717) is 6.54 Å². The Kier molecular flexibility index (Phi) is 3.86. The second-order valence-electron chi connectivity index (χ2n) is 5.54. The Labute approximate surface area is 114 Å². The molecule has 2 heterocycles. The standard InChI is InChI=1S/C14H24N4O/c1-2-7-18-12(5-6-16-18)14-13(10-15)19-9-8-17(14)11-3-4-11/h5-6,11,13-14H,2-4,7-10,15H2,1H3. The zero-order chi connectivity index (χ0) is 13.2. The van der Waals surface area contributed by atoms with Crippen molar-refractivity contribution in [3.63, 3.8) is 0 Å². The van der Waals surface area contributed by atoms with Crippen molar-refractivity contribution in [1.82, 2.24) is 14.7 Å². The molecule has 5 heteroatoms. The molecule has 2 atom stereocenters. The van der Waals surface area contributed by atoms with Gasteiger partial charge in [0.25, 0.3) is 0 Å². The molecular weight excluding hydrogens is 240 g/mol. The van der Waals surface area contributed by atoms with Crippen LogP contribution in [0.5, 0.6) is 0 Å². The molecule has 1 aliphatic carbocycles. The Balaban J connectivity index is 1.89. The molecule has 19 heavy (non-hydrogen) atoms. The van der Waals surface area contributed by atoms with Crippen LogP contribution in [-0.4, -0.2) is 46.5 Å². The van der Waals surface area contributed by atoms with Gasteiger partial charge in [-0.05, 0) is 25.3 Å². The van der Waals surface area contributed by atoms with Crippen LogP contribution in [0.15, 0.2) is 12.3 Å². The van der Waals surface area contributed by atoms with Gasteiger partial charge in [0.2, 0.25) is 0 Å². The lowest BCUT2D eigenvalue weighted by molar-refractivity contribution is -0.0739. The first-order valence-corrected chi connectivity index (χ1v) is 7.44. The number of nitrogens with zero attached hydrogens (tertiary/aromatic N) is 3. The Morgan fingerprint density at radius 2 is 2.32 bits per heavy atom. The topological polar surface area (TPSA) is 56.3 Å². The van der Waals surface area contributed by atoms with Crippen LogP contribution in [0.25, 0.3) is 0 Å². The van der Waals surface area contributed by atoms with Gasteiger partial charge in [-0.15, -0.1) is 0 Å². The molecule has 1 saturated heterocycles. The Morgan fingerprint density at radius 3 is 3.00 bits per heavy atom. The fourth-order valence-electron chi connectivity index (χ4n) is 3.12. The van der Waals surface area contributed by atoms with Gasteiger partial charge in [0.05, 0.1) is 24.4 Å². The van der Waals surface area contributed by atoms with Crippen molar-refractivity contribution in [2.75, 3.05) is 19.7 Å². The summed E-state index contributed by atoms with van der Waals surface area (Å²) in [5.74, 6) is 0. The van der Waals surface area contributed by atoms with Gasteiger partial charge in [-0.1, -0.05) is 6.92 Å². The van der Waals surface area contributed by atoms with Crippen LogP contribution in [0, 0.1) is 0 Å². The quantitative estimate of drug-likeness (QED) is 0.867. The first kappa shape index (κ1) is 13.1. The van der Waals surface area contributed by atoms with Gasteiger partial charge in [-0.2, -0.15) is 5.10 Å². The summed E-state index contributed by atoms with van der Waals surface area (Å²) in [5.41, 5.74) is 7.19. The molecule has 1 saturated carbocycles. The van der Waals surface area contributed by atoms with Gasteiger partial charge in [-0.25, -0.2) is 0 Å². The van der Waals surface area contributed by atoms with Gasteiger partial charge < -0.3 is 10.5 Å². The largest absolute Gasteiger partial charge is 0.374 e. The molecule has 1 aliphatic heterocycles. The van der Waals surface area contributed by atoms with E-state index in [-0.39, 0.29) is 12.1 Å². The molecule has 1 aromatic rings. The molecule has 0 spiro atoms. The first-order valence-electron chi connectivity index (χ1n) is 7.44. The second-order valence-corrected chi connectivity index (χ2v) is 5.54. The van der Waals surface area contributed by atoms with Crippen molar-refractivity contribution in [3.05, 3.63) is 18.0 Å². The molecule has 5 nitrogen and oxygen atoms in total. The van der Waals surface area contributed by atoms with E-state index in [1.165, 1.54) is 18.5 Å². The third-order valence-corrected chi connectivity index (χ3v) is 4.13. The van der Waals surface area contributed by atoms with Crippen LogP contribution >= 0.6 is 0 Å². The summed E-state index contributed by atoms with van der Waals surface area (Å²) < 4.78 is 8.02. The number of hydrogen-bond acceptors (Lipinski definition) is 4. The van der Waals surface area contributed by atoms with Crippen LogP contribution in [0.3, 0.4) is 0 Å². The Hall–Kier alpha value is -0.910. The number of hydrogen-bond donors (Lipinski definition) is 1. The lowest BCUT2D eigenvalue weighted by Gasteiger charge is -2.41. The lowest BCUT2D eigenvalue weighted by atomic mass is 10.0. The van der Waals surface area contributed by atoms with Crippen molar-refractivity contribution >= 4 is 0 Å². The first-order chi connectivity index (χ1) is 9.35. The monoisotopic (exact) mass is 264 g/mol. The van der Waals surface area contributed by atoms with Crippen molar-refractivity contribution in [1.29, 1.82) is 0 Å². The zero-order valence-electron chi connectivity index (χ0n) is 11.7. The summed E-state index contributed by atoms with van der Waals surface area (Å²) in [6.45, 7) is 5.54. The van der Waals surface area contributed by atoms with E-state index in [0.717, 1.165) is 32.2 Å². The van der Waals surface area contributed by atoms with Gasteiger partial charge in [0.15, 0.2) is 0 Å². The van der Waals surface area contributed by atoms with E-state index in [2.05, 4.69) is 27.7 Å². The van der Waals surface area contributed by atoms with Crippen LogP contribution in [0.1, 0.15) is 37.9 Å². The zero-order valence-corrected chi connectivity index (χ0v) is 11.7.